The van der Waals surface area contributed by atoms with Crippen LogP contribution in [0.25, 0.3) is 0 Å². The number of carboxylic acids is 1. The molecule has 1 aromatic rings. The van der Waals surface area contributed by atoms with E-state index >= 15 is 0 Å². The summed E-state index contributed by atoms with van der Waals surface area (Å²) in [7, 11) is 0. The number of nitrogens with zero attached hydrogens (tertiary/aromatic N) is 2. The molecule has 1 N–H and O–H groups in total. The lowest BCUT2D eigenvalue weighted by Gasteiger charge is -2.30. The molecule has 1 atom stereocenters. The standard InChI is InChI=1S/C16H19N3O4S/c1-3-17-16-19(4-2)13(20)9-12(24-16)14(21)18-11-7-5-10(6-8-11)15(22)23/h5-8,12H,3-4,9H2,1-2H3,(H,18,21)(H,22,23)/p-1/t12-/m0/s1. The molecule has 1 aliphatic rings. The lowest BCUT2D eigenvalue weighted by molar-refractivity contribution is -0.255. The molecule has 0 saturated carbocycles. The van der Waals surface area contributed by atoms with Crippen LogP contribution in [0.2, 0.25) is 0 Å². The van der Waals surface area contributed by atoms with Gasteiger partial charge in [-0.2, -0.15) is 0 Å². The predicted molar refractivity (Wildman–Crippen MR) is 90.8 cm³/mol. The van der Waals surface area contributed by atoms with E-state index in [2.05, 4.69) is 10.3 Å². The highest BCUT2D eigenvalue weighted by atomic mass is 32.2. The maximum atomic E-state index is 12.4. The van der Waals surface area contributed by atoms with Gasteiger partial charge in [0.15, 0.2) is 5.17 Å². The number of rotatable bonds is 5. The van der Waals surface area contributed by atoms with E-state index in [0.717, 1.165) is 0 Å². The van der Waals surface area contributed by atoms with E-state index in [1.807, 2.05) is 13.8 Å². The van der Waals surface area contributed by atoms with Crippen LogP contribution in [-0.2, 0) is 9.59 Å². The Morgan fingerprint density at radius 3 is 2.54 bits per heavy atom. The van der Waals surface area contributed by atoms with Crippen LogP contribution in [0.15, 0.2) is 29.3 Å². The number of anilines is 1. The number of aliphatic imine (C=N–C) groups is 1. The van der Waals surface area contributed by atoms with Gasteiger partial charge in [-0.05, 0) is 31.5 Å². The molecule has 2 rings (SSSR count). The van der Waals surface area contributed by atoms with Gasteiger partial charge < -0.3 is 15.2 Å². The van der Waals surface area contributed by atoms with E-state index in [-0.39, 0.29) is 23.8 Å². The van der Waals surface area contributed by atoms with Crippen molar-refractivity contribution < 1.29 is 19.5 Å². The van der Waals surface area contributed by atoms with E-state index < -0.39 is 11.2 Å². The Bertz CT molecular complexity index is 672. The number of hydrogen-bond donors (Lipinski definition) is 1. The first-order valence-electron chi connectivity index (χ1n) is 7.60. The van der Waals surface area contributed by atoms with Gasteiger partial charge in [0.1, 0.15) is 5.25 Å². The number of carbonyl (C=O) groups excluding carboxylic acids is 3. The summed E-state index contributed by atoms with van der Waals surface area (Å²) in [4.78, 5) is 41.2. The second-order valence-corrected chi connectivity index (χ2v) is 6.23. The van der Waals surface area contributed by atoms with Crippen LogP contribution in [0.4, 0.5) is 5.69 Å². The van der Waals surface area contributed by atoms with Gasteiger partial charge in [-0.1, -0.05) is 23.9 Å². The minimum absolute atomic E-state index is 0.0335. The van der Waals surface area contributed by atoms with E-state index in [0.29, 0.717) is 23.9 Å². The van der Waals surface area contributed by atoms with Crippen LogP contribution in [0.3, 0.4) is 0 Å². The number of hydrogen-bond acceptors (Lipinski definition) is 6. The Hall–Kier alpha value is -2.35. The highest BCUT2D eigenvalue weighted by Crippen LogP contribution is 2.27. The summed E-state index contributed by atoms with van der Waals surface area (Å²) in [5.74, 6) is -1.72. The maximum Gasteiger partial charge on any atom is 0.238 e. The number of amides is 2. The fourth-order valence-corrected chi connectivity index (χ4v) is 3.44. The van der Waals surface area contributed by atoms with Crippen LogP contribution in [-0.4, -0.2) is 46.2 Å². The molecule has 24 heavy (non-hydrogen) atoms. The van der Waals surface area contributed by atoms with Crippen molar-refractivity contribution in [1.29, 1.82) is 0 Å². The molecule has 1 heterocycles. The lowest BCUT2D eigenvalue weighted by atomic mass is 10.2. The highest BCUT2D eigenvalue weighted by molar-refractivity contribution is 8.15. The van der Waals surface area contributed by atoms with Gasteiger partial charge in [0.2, 0.25) is 11.8 Å². The summed E-state index contributed by atoms with van der Waals surface area (Å²) in [6.07, 6.45) is 0.101. The van der Waals surface area contributed by atoms with Crippen LogP contribution in [0.5, 0.6) is 0 Å². The zero-order chi connectivity index (χ0) is 17.7. The normalized spacial score (nSPS) is 19.4. The monoisotopic (exact) mass is 348 g/mol. The van der Waals surface area contributed by atoms with Crippen molar-refractivity contribution in [3.63, 3.8) is 0 Å². The molecule has 1 saturated heterocycles. The van der Waals surface area contributed by atoms with E-state index in [4.69, 9.17) is 0 Å². The second-order valence-electron chi connectivity index (χ2n) is 5.06. The largest absolute Gasteiger partial charge is 0.545 e. The molecule has 2 amide bonds. The molecule has 0 aliphatic carbocycles. The molecule has 0 spiro atoms. The SMILES string of the molecule is CCN=C1S[C@H](C(=O)Nc2ccc(C(=O)[O-])cc2)CC(=O)N1CC. The second kappa shape index (κ2) is 7.96. The molecular weight excluding hydrogens is 330 g/mol. The van der Waals surface area contributed by atoms with Crippen LogP contribution >= 0.6 is 11.8 Å². The molecule has 0 unspecified atom stereocenters. The number of carbonyl (C=O) groups is 3. The van der Waals surface area contributed by atoms with E-state index in [1.165, 1.54) is 36.0 Å². The number of aromatic carboxylic acids is 1. The van der Waals surface area contributed by atoms with Gasteiger partial charge in [0.25, 0.3) is 0 Å². The maximum absolute atomic E-state index is 12.4. The van der Waals surface area contributed by atoms with Gasteiger partial charge in [-0.15, -0.1) is 0 Å². The van der Waals surface area contributed by atoms with Crippen LogP contribution in [0.1, 0.15) is 30.6 Å². The molecule has 1 aromatic carbocycles. The third-order valence-corrected chi connectivity index (χ3v) is 4.66. The summed E-state index contributed by atoms with van der Waals surface area (Å²) in [5.41, 5.74) is 0.496. The van der Waals surface area contributed by atoms with Crippen molar-refractivity contribution in [1.82, 2.24) is 4.90 Å². The highest BCUT2D eigenvalue weighted by Gasteiger charge is 2.34. The average Bonchev–Trinajstić information content (AvgIpc) is 2.55. The van der Waals surface area contributed by atoms with Crippen LogP contribution < -0.4 is 10.4 Å². The molecule has 0 aromatic heterocycles. The van der Waals surface area contributed by atoms with E-state index in [9.17, 15) is 19.5 Å². The Labute approximate surface area is 144 Å². The van der Waals surface area contributed by atoms with Gasteiger partial charge in [-0.3, -0.25) is 19.5 Å². The molecule has 0 bridgehead atoms. The lowest BCUT2D eigenvalue weighted by Crippen LogP contribution is -2.45. The first kappa shape index (κ1) is 18.0. The molecule has 7 nitrogen and oxygen atoms in total. The third kappa shape index (κ3) is 4.14. The number of benzene rings is 1. The Morgan fingerprint density at radius 2 is 2.00 bits per heavy atom. The fourth-order valence-electron chi connectivity index (χ4n) is 2.24. The quantitative estimate of drug-likeness (QED) is 0.845. The Morgan fingerprint density at radius 1 is 1.33 bits per heavy atom. The molecule has 1 fully saturated rings. The van der Waals surface area contributed by atoms with Crippen molar-refractivity contribution in [2.24, 2.45) is 4.99 Å². The first-order chi connectivity index (χ1) is 11.5. The van der Waals surface area contributed by atoms with Crippen molar-refractivity contribution in [3.05, 3.63) is 29.8 Å². The van der Waals surface area contributed by atoms with Gasteiger partial charge in [0.05, 0.1) is 5.97 Å². The number of amidine groups is 1. The number of thioether (sulfide) groups is 1. The predicted octanol–water partition coefficient (Wildman–Crippen LogP) is 0.718. The van der Waals surface area contributed by atoms with Crippen molar-refractivity contribution in [3.8, 4) is 0 Å². The molecule has 1 aliphatic heterocycles. The van der Waals surface area contributed by atoms with Gasteiger partial charge in [-0.25, -0.2) is 0 Å². The van der Waals surface area contributed by atoms with Crippen molar-refractivity contribution >= 4 is 40.4 Å². The summed E-state index contributed by atoms with van der Waals surface area (Å²) in [5, 5.41) is 13.4. The van der Waals surface area contributed by atoms with E-state index in [1.54, 1.807) is 4.90 Å². The molecular formula is C16H18N3O4S-. The average molecular weight is 348 g/mol. The summed E-state index contributed by atoms with van der Waals surface area (Å²) < 4.78 is 0. The third-order valence-electron chi connectivity index (χ3n) is 3.43. The topological polar surface area (TPSA) is 102 Å². The summed E-state index contributed by atoms with van der Waals surface area (Å²) >= 11 is 1.27. The van der Waals surface area contributed by atoms with Gasteiger partial charge in [0, 0.05) is 25.2 Å². The smallest absolute Gasteiger partial charge is 0.238 e. The zero-order valence-corrected chi connectivity index (χ0v) is 14.3. The molecule has 0 radical (unpaired) electrons. The molecule has 8 heteroatoms. The number of carboxylic acid groups (broad SMARTS) is 1. The van der Waals surface area contributed by atoms with Gasteiger partial charge >= 0.3 is 0 Å². The zero-order valence-electron chi connectivity index (χ0n) is 13.4. The first-order valence-corrected chi connectivity index (χ1v) is 8.48. The van der Waals surface area contributed by atoms with Crippen molar-refractivity contribution in [2.45, 2.75) is 25.5 Å². The number of nitrogens with one attached hydrogen (secondary N) is 1. The molecule has 128 valence electrons. The Kier molecular flexibility index (Phi) is 5.97. The summed E-state index contributed by atoms with van der Waals surface area (Å²) in [6, 6.07) is 5.68. The minimum atomic E-state index is -1.28. The van der Waals surface area contributed by atoms with Crippen LogP contribution in [0, 0.1) is 0 Å². The minimum Gasteiger partial charge on any atom is -0.545 e. The Balaban J connectivity index is 2.08. The fraction of sp³-hybridized carbons (Fsp3) is 0.375. The van der Waals surface area contributed by atoms with Crippen molar-refractivity contribution in [2.75, 3.05) is 18.4 Å². The summed E-state index contributed by atoms with van der Waals surface area (Å²) in [6.45, 7) is 4.78.